The molecule has 1 aliphatic rings. The smallest absolute Gasteiger partial charge is 0.175 e. The molecule has 2 nitrogen and oxygen atoms in total. The van der Waals surface area contributed by atoms with Crippen LogP contribution in [0.2, 0.25) is 5.02 Å². The Labute approximate surface area is 104 Å². The minimum atomic E-state index is 0.117. The van der Waals surface area contributed by atoms with Crippen molar-refractivity contribution in [1.29, 1.82) is 0 Å². The molecule has 1 aromatic carbocycles. The van der Waals surface area contributed by atoms with Crippen LogP contribution in [0, 0.1) is 0 Å². The summed E-state index contributed by atoms with van der Waals surface area (Å²) in [5, 5.41) is 0.656. The SMILES string of the molecule is COc1cc(C(=O)C2CCCS2)ccc1Cl. The molecule has 1 unspecified atom stereocenters. The van der Waals surface area contributed by atoms with Gasteiger partial charge in [0.1, 0.15) is 5.75 Å². The van der Waals surface area contributed by atoms with Gasteiger partial charge in [-0.2, -0.15) is 11.8 Å². The average Bonchev–Trinajstić information content (AvgIpc) is 2.82. The largest absolute Gasteiger partial charge is 0.495 e. The zero-order valence-corrected chi connectivity index (χ0v) is 10.6. The first-order chi connectivity index (χ1) is 7.72. The van der Waals surface area contributed by atoms with E-state index in [-0.39, 0.29) is 11.0 Å². The second-order valence-corrected chi connectivity index (χ2v) is 5.43. The lowest BCUT2D eigenvalue weighted by Crippen LogP contribution is -2.14. The minimum absolute atomic E-state index is 0.117. The molecular formula is C12H13ClO2S. The fourth-order valence-corrected chi connectivity index (χ4v) is 3.22. The number of carbonyl (C=O) groups excluding carboxylic acids is 1. The Balaban J connectivity index is 2.22. The standard InChI is InChI=1S/C12H13ClO2S/c1-15-10-7-8(4-5-9(10)13)12(14)11-3-2-6-16-11/h4-5,7,11H,2-3,6H2,1H3. The second-order valence-electron chi connectivity index (χ2n) is 3.72. The molecule has 1 aliphatic heterocycles. The molecule has 1 atom stereocenters. The first-order valence-corrected chi connectivity index (χ1v) is 6.64. The van der Waals surface area contributed by atoms with Gasteiger partial charge in [0.05, 0.1) is 17.4 Å². The van der Waals surface area contributed by atoms with Gasteiger partial charge in [-0.25, -0.2) is 0 Å². The van der Waals surface area contributed by atoms with Crippen LogP contribution in [0.25, 0.3) is 0 Å². The van der Waals surface area contributed by atoms with Gasteiger partial charge in [-0.05, 0) is 36.8 Å². The fourth-order valence-electron chi connectivity index (χ4n) is 1.78. The van der Waals surface area contributed by atoms with E-state index < -0.39 is 0 Å². The van der Waals surface area contributed by atoms with Gasteiger partial charge in [0, 0.05) is 5.56 Å². The highest BCUT2D eigenvalue weighted by atomic mass is 35.5. The number of hydrogen-bond donors (Lipinski definition) is 0. The molecule has 0 amide bonds. The van der Waals surface area contributed by atoms with E-state index in [0.29, 0.717) is 16.3 Å². The summed E-state index contributed by atoms with van der Waals surface area (Å²) >= 11 is 7.66. The van der Waals surface area contributed by atoms with Gasteiger partial charge in [-0.1, -0.05) is 11.6 Å². The van der Waals surface area contributed by atoms with Gasteiger partial charge in [0.2, 0.25) is 0 Å². The summed E-state index contributed by atoms with van der Waals surface area (Å²) in [6.07, 6.45) is 2.11. The van der Waals surface area contributed by atoms with Gasteiger partial charge in [-0.3, -0.25) is 4.79 Å². The quantitative estimate of drug-likeness (QED) is 0.775. The summed E-state index contributed by atoms with van der Waals surface area (Å²) in [5.74, 6) is 1.84. The molecule has 1 saturated heterocycles. The molecule has 1 aromatic rings. The number of benzene rings is 1. The van der Waals surface area contributed by atoms with E-state index in [0.717, 1.165) is 18.6 Å². The molecule has 0 N–H and O–H groups in total. The monoisotopic (exact) mass is 256 g/mol. The van der Waals surface area contributed by atoms with Crippen LogP contribution in [0.15, 0.2) is 18.2 Å². The normalized spacial score (nSPS) is 19.8. The van der Waals surface area contributed by atoms with Crippen LogP contribution in [0.3, 0.4) is 0 Å². The summed E-state index contributed by atoms with van der Waals surface area (Å²) in [6.45, 7) is 0. The van der Waals surface area contributed by atoms with E-state index in [1.165, 1.54) is 0 Å². The number of hydrogen-bond acceptors (Lipinski definition) is 3. The lowest BCUT2D eigenvalue weighted by Gasteiger charge is -2.09. The Morgan fingerprint density at radius 1 is 1.56 bits per heavy atom. The highest BCUT2D eigenvalue weighted by molar-refractivity contribution is 8.00. The van der Waals surface area contributed by atoms with Crippen molar-refractivity contribution < 1.29 is 9.53 Å². The summed E-state index contributed by atoms with van der Waals surface area (Å²) in [6, 6.07) is 5.21. The third kappa shape index (κ3) is 2.36. The van der Waals surface area contributed by atoms with Crippen molar-refractivity contribution in [3.05, 3.63) is 28.8 Å². The summed E-state index contributed by atoms with van der Waals surface area (Å²) in [4.78, 5) is 12.1. The van der Waals surface area contributed by atoms with E-state index in [2.05, 4.69) is 0 Å². The van der Waals surface area contributed by atoms with Gasteiger partial charge >= 0.3 is 0 Å². The highest BCUT2D eigenvalue weighted by Gasteiger charge is 2.24. The summed E-state index contributed by atoms with van der Waals surface area (Å²) in [5.41, 5.74) is 0.695. The number of halogens is 1. The number of thioether (sulfide) groups is 1. The molecule has 1 heterocycles. The van der Waals surface area contributed by atoms with E-state index >= 15 is 0 Å². The molecule has 0 bridgehead atoms. The lowest BCUT2D eigenvalue weighted by atomic mass is 10.1. The Morgan fingerprint density at radius 2 is 2.38 bits per heavy atom. The predicted molar refractivity (Wildman–Crippen MR) is 67.8 cm³/mol. The Kier molecular flexibility index (Phi) is 3.77. The van der Waals surface area contributed by atoms with Gasteiger partial charge in [0.15, 0.2) is 5.78 Å². The maximum absolute atomic E-state index is 12.1. The summed E-state index contributed by atoms with van der Waals surface area (Å²) in [7, 11) is 1.56. The summed E-state index contributed by atoms with van der Waals surface area (Å²) < 4.78 is 5.11. The maximum atomic E-state index is 12.1. The maximum Gasteiger partial charge on any atom is 0.175 e. The molecule has 0 aliphatic carbocycles. The van der Waals surface area contributed by atoms with Crippen LogP contribution in [0.4, 0.5) is 0 Å². The first-order valence-electron chi connectivity index (χ1n) is 5.21. The predicted octanol–water partition coefficient (Wildman–Crippen LogP) is 3.43. The van der Waals surface area contributed by atoms with E-state index in [4.69, 9.17) is 16.3 Å². The van der Waals surface area contributed by atoms with Crippen LogP contribution in [0.1, 0.15) is 23.2 Å². The van der Waals surface area contributed by atoms with Gasteiger partial charge < -0.3 is 4.74 Å². The van der Waals surface area contributed by atoms with Crippen molar-refractivity contribution in [2.75, 3.05) is 12.9 Å². The molecule has 0 spiro atoms. The van der Waals surface area contributed by atoms with Crippen LogP contribution >= 0.6 is 23.4 Å². The van der Waals surface area contributed by atoms with Crippen molar-refractivity contribution in [1.82, 2.24) is 0 Å². The van der Waals surface area contributed by atoms with Crippen molar-refractivity contribution in [3.8, 4) is 5.75 Å². The topological polar surface area (TPSA) is 26.3 Å². The van der Waals surface area contributed by atoms with Crippen molar-refractivity contribution >= 4 is 29.1 Å². The molecule has 0 radical (unpaired) electrons. The molecule has 1 fully saturated rings. The number of Topliss-reactive ketones (excluding diaryl/α,β-unsaturated/α-hetero) is 1. The lowest BCUT2D eigenvalue weighted by molar-refractivity contribution is 0.0988. The molecule has 16 heavy (non-hydrogen) atoms. The van der Waals surface area contributed by atoms with Gasteiger partial charge in [-0.15, -0.1) is 0 Å². The van der Waals surface area contributed by atoms with Crippen LogP contribution in [-0.4, -0.2) is 23.9 Å². The Bertz CT molecular complexity index is 400. The molecular weight excluding hydrogens is 244 g/mol. The van der Waals surface area contributed by atoms with Crippen LogP contribution < -0.4 is 4.74 Å². The molecule has 0 aromatic heterocycles. The third-order valence-corrected chi connectivity index (χ3v) is 4.35. The average molecular weight is 257 g/mol. The zero-order valence-electron chi connectivity index (χ0n) is 9.03. The van der Waals surface area contributed by atoms with Gasteiger partial charge in [0.25, 0.3) is 0 Å². The molecule has 4 heteroatoms. The first kappa shape index (κ1) is 11.8. The third-order valence-electron chi connectivity index (χ3n) is 2.66. The fraction of sp³-hybridized carbons (Fsp3) is 0.417. The number of ketones is 1. The number of methoxy groups -OCH3 is 1. The second kappa shape index (κ2) is 5.11. The van der Waals surface area contributed by atoms with E-state index in [1.807, 2.05) is 0 Å². The molecule has 2 rings (SSSR count). The van der Waals surface area contributed by atoms with Crippen LogP contribution in [0.5, 0.6) is 5.75 Å². The number of rotatable bonds is 3. The highest BCUT2D eigenvalue weighted by Crippen LogP contribution is 2.31. The Morgan fingerprint density at radius 3 is 3.00 bits per heavy atom. The Hall–Kier alpha value is -0.670. The van der Waals surface area contributed by atoms with Crippen molar-refractivity contribution in [2.45, 2.75) is 18.1 Å². The minimum Gasteiger partial charge on any atom is -0.495 e. The van der Waals surface area contributed by atoms with Crippen molar-refractivity contribution in [3.63, 3.8) is 0 Å². The number of ether oxygens (including phenoxy) is 1. The van der Waals surface area contributed by atoms with E-state index in [9.17, 15) is 4.79 Å². The van der Waals surface area contributed by atoms with Crippen molar-refractivity contribution in [2.24, 2.45) is 0 Å². The van der Waals surface area contributed by atoms with Crippen LogP contribution in [-0.2, 0) is 0 Å². The molecule has 86 valence electrons. The molecule has 0 saturated carbocycles. The number of carbonyl (C=O) groups is 1. The zero-order chi connectivity index (χ0) is 11.5. The van der Waals surface area contributed by atoms with E-state index in [1.54, 1.807) is 37.1 Å².